The fourth-order valence-electron chi connectivity index (χ4n) is 2.06. The lowest BCUT2D eigenvalue weighted by molar-refractivity contribution is 0.185. The molecule has 1 rings (SSSR count). The van der Waals surface area contributed by atoms with Crippen LogP contribution in [0.1, 0.15) is 33.1 Å². The predicted molar refractivity (Wildman–Crippen MR) is 62.5 cm³/mol. The summed E-state index contributed by atoms with van der Waals surface area (Å²) in [5.41, 5.74) is 0. The van der Waals surface area contributed by atoms with Gasteiger partial charge < -0.3 is 10.2 Å². The van der Waals surface area contributed by atoms with Gasteiger partial charge in [0.1, 0.15) is 0 Å². The summed E-state index contributed by atoms with van der Waals surface area (Å²) in [5, 5.41) is 11.8. The summed E-state index contributed by atoms with van der Waals surface area (Å²) in [7, 11) is 0. The number of nitrogens with one attached hydrogen (secondary N) is 1. The third-order valence-electron chi connectivity index (χ3n) is 3.00. The summed E-state index contributed by atoms with van der Waals surface area (Å²) in [4.78, 5) is 2.53. The van der Waals surface area contributed by atoms with E-state index in [9.17, 15) is 0 Å². The van der Waals surface area contributed by atoms with Crippen LogP contribution in [0.2, 0.25) is 0 Å². The van der Waals surface area contributed by atoms with Crippen LogP contribution in [0.4, 0.5) is 0 Å². The van der Waals surface area contributed by atoms with Gasteiger partial charge in [-0.25, -0.2) is 0 Å². The number of likely N-dealkylation sites (tertiary alicyclic amines) is 1. The Labute approximate surface area is 93.5 Å². The molecule has 1 saturated heterocycles. The first kappa shape index (κ1) is 12.5. The summed E-state index contributed by atoms with van der Waals surface area (Å²) >= 11 is 0. The standard InChI is InChI=1S/C12H23N3/c1-11(2)5-9-15-8-3-4-12(10-15)14-7-6-13/h11-12,14H,3-5,7-10H2,1-2H3. The molecule has 0 aliphatic carbocycles. The molecular weight excluding hydrogens is 186 g/mol. The Hall–Kier alpha value is -0.590. The molecule has 3 nitrogen and oxygen atoms in total. The van der Waals surface area contributed by atoms with Crippen molar-refractivity contribution in [3.8, 4) is 6.07 Å². The molecule has 0 aromatic rings. The van der Waals surface area contributed by atoms with Crippen LogP contribution in [-0.2, 0) is 0 Å². The smallest absolute Gasteiger partial charge is 0.0843 e. The predicted octanol–water partition coefficient (Wildman–Crippen LogP) is 1.61. The molecule has 1 N–H and O–H groups in total. The number of piperidine rings is 1. The Morgan fingerprint density at radius 2 is 2.33 bits per heavy atom. The quantitative estimate of drug-likeness (QED) is 0.699. The van der Waals surface area contributed by atoms with Gasteiger partial charge in [-0.15, -0.1) is 0 Å². The van der Waals surface area contributed by atoms with Crippen LogP contribution in [0.3, 0.4) is 0 Å². The minimum absolute atomic E-state index is 0.489. The molecule has 15 heavy (non-hydrogen) atoms. The van der Waals surface area contributed by atoms with Crippen molar-refractivity contribution in [2.24, 2.45) is 5.92 Å². The van der Waals surface area contributed by atoms with E-state index in [0.717, 1.165) is 12.5 Å². The van der Waals surface area contributed by atoms with Gasteiger partial charge in [-0.2, -0.15) is 5.26 Å². The number of nitriles is 1. The van der Waals surface area contributed by atoms with Crippen LogP contribution in [0.5, 0.6) is 0 Å². The lowest BCUT2D eigenvalue weighted by Crippen LogP contribution is -2.46. The number of rotatable bonds is 5. The van der Waals surface area contributed by atoms with Crippen molar-refractivity contribution in [1.82, 2.24) is 10.2 Å². The highest BCUT2D eigenvalue weighted by atomic mass is 15.2. The van der Waals surface area contributed by atoms with Gasteiger partial charge in [-0.3, -0.25) is 0 Å². The van der Waals surface area contributed by atoms with E-state index in [1.807, 2.05) is 0 Å². The molecule has 0 aromatic carbocycles. The van der Waals surface area contributed by atoms with E-state index < -0.39 is 0 Å². The number of nitrogens with zero attached hydrogens (tertiary/aromatic N) is 2. The first-order valence-electron chi connectivity index (χ1n) is 6.05. The molecule has 0 radical (unpaired) electrons. The summed E-state index contributed by atoms with van der Waals surface area (Å²) in [6, 6.07) is 2.68. The van der Waals surface area contributed by atoms with Crippen molar-refractivity contribution in [3.05, 3.63) is 0 Å². The van der Waals surface area contributed by atoms with Crippen LogP contribution < -0.4 is 5.32 Å². The monoisotopic (exact) mass is 209 g/mol. The molecule has 1 fully saturated rings. The van der Waals surface area contributed by atoms with Crippen molar-refractivity contribution in [1.29, 1.82) is 5.26 Å². The second kappa shape index (κ2) is 6.81. The fourth-order valence-corrected chi connectivity index (χ4v) is 2.06. The fraction of sp³-hybridized carbons (Fsp3) is 0.917. The van der Waals surface area contributed by atoms with Crippen molar-refractivity contribution < 1.29 is 0 Å². The van der Waals surface area contributed by atoms with Crippen molar-refractivity contribution >= 4 is 0 Å². The van der Waals surface area contributed by atoms with E-state index in [2.05, 4.69) is 30.1 Å². The molecule has 0 aromatic heterocycles. The maximum absolute atomic E-state index is 8.51. The van der Waals surface area contributed by atoms with Crippen molar-refractivity contribution in [2.45, 2.75) is 39.2 Å². The third-order valence-corrected chi connectivity index (χ3v) is 3.00. The highest BCUT2D eigenvalue weighted by molar-refractivity contribution is 4.82. The average Bonchev–Trinajstić information content (AvgIpc) is 2.24. The second-order valence-corrected chi connectivity index (χ2v) is 4.86. The molecule has 1 unspecified atom stereocenters. The van der Waals surface area contributed by atoms with Crippen LogP contribution >= 0.6 is 0 Å². The zero-order valence-corrected chi connectivity index (χ0v) is 10.00. The summed E-state index contributed by atoms with van der Waals surface area (Å²) < 4.78 is 0. The van der Waals surface area contributed by atoms with Gasteiger partial charge in [0, 0.05) is 12.6 Å². The van der Waals surface area contributed by atoms with E-state index in [1.165, 1.54) is 32.4 Å². The maximum Gasteiger partial charge on any atom is 0.0843 e. The summed E-state index contributed by atoms with van der Waals surface area (Å²) in [6.07, 6.45) is 3.77. The largest absolute Gasteiger partial charge is 0.302 e. The molecule has 3 heteroatoms. The first-order chi connectivity index (χ1) is 7.22. The molecule has 0 spiro atoms. The zero-order chi connectivity index (χ0) is 11.1. The Morgan fingerprint density at radius 1 is 1.53 bits per heavy atom. The zero-order valence-electron chi connectivity index (χ0n) is 10.00. The Morgan fingerprint density at radius 3 is 3.00 bits per heavy atom. The van der Waals surface area contributed by atoms with Gasteiger partial charge in [0.2, 0.25) is 0 Å². The van der Waals surface area contributed by atoms with Gasteiger partial charge >= 0.3 is 0 Å². The molecule has 0 amide bonds. The van der Waals surface area contributed by atoms with E-state index in [1.54, 1.807) is 0 Å². The normalized spacial score (nSPS) is 22.9. The van der Waals surface area contributed by atoms with E-state index in [0.29, 0.717) is 12.6 Å². The third kappa shape index (κ3) is 5.15. The SMILES string of the molecule is CC(C)CCN1CCCC(NCC#N)C1. The van der Waals surface area contributed by atoms with Crippen molar-refractivity contribution in [3.63, 3.8) is 0 Å². The van der Waals surface area contributed by atoms with E-state index in [4.69, 9.17) is 5.26 Å². The van der Waals surface area contributed by atoms with Crippen LogP contribution in [-0.4, -0.2) is 37.1 Å². The molecular formula is C12H23N3. The lowest BCUT2D eigenvalue weighted by atomic mass is 10.0. The van der Waals surface area contributed by atoms with Gasteiger partial charge in [-0.05, 0) is 38.3 Å². The molecule has 1 aliphatic heterocycles. The lowest BCUT2D eigenvalue weighted by Gasteiger charge is -2.33. The molecule has 0 bridgehead atoms. The number of hydrogen-bond acceptors (Lipinski definition) is 3. The minimum Gasteiger partial charge on any atom is -0.302 e. The van der Waals surface area contributed by atoms with Gasteiger partial charge in [0.15, 0.2) is 0 Å². The second-order valence-electron chi connectivity index (χ2n) is 4.86. The van der Waals surface area contributed by atoms with Gasteiger partial charge in [-0.1, -0.05) is 13.8 Å². The molecule has 1 aliphatic rings. The highest BCUT2D eigenvalue weighted by Crippen LogP contribution is 2.11. The first-order valence-corrected chi connectivity index (χ1v) is 6.05. The highest BCUT2D eigenvalue weighted by Gasteiger charge is 2.18. The Bertz CT molecular complexity index is 207. The van der Waals surface area contributed by atoms with Crippen LogP contribution in [0, 0.1) is 17.2 Å². The average molecular weight is 209 g/mol. The molecule has 1 atom stereocenters. The summed E-state index contributed by atoms with van der Waals surface area (Å²) in [6.45, 7) is 8.60. The minimum atomic E-state index is 0.489. The number of hydrogen-bond donors (Lipinski definition) is 1. The molecule has 1 heterocycles. The van der Waals surface area contributed by atoms with E-state index in [-0.39, 0.29) is 0 Å². The van der Waals surface area contributed by atoms with Crippen LogP contribution in [0.15, 0.2) is 0 Å². The van der Waals surface area contributed by atoms with Crippen LogP contribution in [0.25, 0.3) is 0 Å². The maximum atomic E-state index is 8.51. The van der Waals surface area contributed by atoms with Gasteiger partial charge in [0.05, 0.1) is 12.6 Å². The van der Waals surface area contributed by atoms with Crippen molar-refractivity contribution in [2.75, 3.05) is 26.2 Å². The Balaban J connectivity index is 2.20. The topological polar surface area (TPSA) is 39.1 Å². The van der Waals surface area contributed by atoms with Gasteiger partial charge in [0.25, 0.3) is 0 Å². The Kier molecular flexibility index (Phi) is 5.67. The summed E-state index contributed by atoms with van der Waals surface area (Å²) in [5.74, 6) is 0.789. The van der Waals surface area contributed by atoms with E-state index >= 15 is 0 Å². The molecule has 86 valence electrons. The molecule has 0 saturated carbocycles.